The van der Waals surface area contributed by atoms with E-state index < -0.39 is 0 Å². The lowest BCUT2D eigenvalue weighted by molar-refractivity contribution is 0.0949. The number of para-hydroxylation sites is 2. The van der Waals surface area contributed by atoms with Gasteiger partial charge in [0.15, 0.2) is 11.5 Å². The molecule has 20 nitrogen and oxygen atoms in total. The number of methoxy groups -OCH3 is 2. The summed E-state index contributed by atoms with van der Waals surface area (Å²) < 4.78 is 15.3. The third-order valence-corrected chi connectivity index (χ3v) is 10.6. The smallest absolute Gasteiger partial charge is 0.254 e. The maximum Gasteiger partial charge on any atom is 0.254 e. The first-order valence-electron chi connectivity index (χ1n) is 21.5. The summed E-state index contributed by atoms with van der Waals surface area (Å²) in [6, 6.07) is 22.2. The molecule has 346 valence electrons. The molecule has 0 spiro atoms. The van der Waals surface area contributed by atoms with Crippen molar-refractivity contribution in [2.75, 3.05) is 49.1 Å². The molecule has 0 aliphatic rings. The van der Waals surface area contributed by atoms with Gasteiger partial charge >= 0.3 is 0 Å². The number of amides is 2. The lowest BCUT2D eigenvalue weighted by Crippen LogP contribution is -2.27. The summed E-state index contributed by atoms with van der Waals surface area (Å²) in [7, 11) is 8.44. The third-order valence-electron chi connectivity index (χ3n) is 10.6. The molecule has 2 aromatic carbocycles. The summed E-state index contributed by atoms with van der Waals surface area (Å²) in [5.41, 5.74) is 7.42. The maximum atomic E-state index is 14.1. The number of pyridine rings is 2. The summed E-state index contributed by atoms with van der Waals surface area (Å²) in [5, 5.41) is 27.9. The lowest BCUT2D eigenvalue weighted by atomic mass is 10.1. The molecule has 0 saturated carbocycles. The molecule has 0 atom stereocenters. The van der Waals surface area contributed by atoms with Crippen molar-refractivity contribution in [3.8, 4) is 34.0 Å². The first-order chi connectivity index (χ1) is 32.9. The van der Waals surface area contributed by atoms with Gasteiger partial charge in [0.2, 0.25) is 0 Å². The van der Waals surface area contributed by atoms with E-state index in [9.17, 15) is 9.59 Å². The zero-order valence-electron chi connectivity index (χ0n) is 38.8. The normalized spacial score (nSPS) is 10.9. The number of ether oxygens (including phenoxy) is 2. The molecule has 6 N–H and O–H groups in total. The number of rotatable bonds is 17. The van der Waals surface area contributed by atoms with Crippen molar-refractivity contribution < 1.29 is 19.1 Å². The average molecular weight is 915 g/mol. The van der Waals surface area contributed by atoms with Crippen LogP contribution in [0.1, 0.15) is 43.8 Å². The van der Waals surface area contributed by atoms with E-state index in [1.54, 1.807) is 62.0 Å². The van der Waals surface area contributed by atoms with Crippen molar-refractivity contribution in [1.82, 2.24) is 60.1 Å². The number of nitrogens with one attached hydrogen (secondary N) is 6. The first-order valence-corrected chi connectivity index (χ1v) is 21.5. The van der Waals surface area contributed by atoms with Crippen molar-refractivity contribution in [3.05, 3.63) is 132 Å². The zero-order chi connectivity index (χ0) is 47.9. The molecule has 0 aliphatic carbocycles. The number of benzene rings is 2. The van der Waals surface area contributed by atoms with Crippen molar-refractivity contribution in [3.63, 3.8) is 0 Å². The van der Waals surface area contributed by atoms with E-state index in [2.05, 4.69) is 72.0 Å². The second kappa shape index (κ2) is 20.1. The van der Waals surface area contributed by atoms with Gasteiger partial charge in [-0.25, -0.2) is 29.9 Å². The van der Waals surface area contributed by atoms with Gasteiger partial charge in [0.25, 0.3) is 11.8 Å². The van der Waals surface area contributed by atoms with Crippen LogP contribution in [-0.2, 0) is 20.5 Å². The van der Waals surface area contributed by atoms with E-state index >= 15 is 0 Å². The van der Waals surface area contributed by atoms with Crippen molar-refractivity contribution in [1.29, 1.82) is 0 Å². The van der Waals surface area contributed by atoms with Crippen LogP contribution in [-0.4, -0.2) is 89.1 Å². The Morgan fingerprint density at radius 3 is 1.82 bits per heavy atom. The molecule has 0 fully saturated rings. The minimum atomic E-state index is -0.367. The van der Waals surface area contributed by atoms with Crippen molar-refractivity contribution >= 4 is 57.8 Å². The molecule has 0 saturated heterocycles. The number of aromatic nitrogens is 10. The van der Waals surface area contributed by atoms with E-state index in [0.717, 1.165) is 28.2 Å². The fourth-order valence-electron chi connectivity index (χ4n) is 7.62. The van der Waals surface area contributed by atoms with Gasteiger partial charge in [-0.15, -0.1) is 0 Å². The van der Waals surface area contributed by atoms with Crippen molar-refractivity contribution in [2.45, 2.75) is 27.2 Å². The molecule has 6 heterocycles. The summed E-state index contributed by atoms with van der Waals surface area (Å²) in [6.07, 6.45) is 6.94. The number of carbonyl (C=O) groups excluding carboxylic acids is 2. The van der Waals surface area contributed by atoms with E-state index in [-0.39, 0.29) is 23.9 Å². The van der Waals surface area contributed by atoms with Crippen LogP contribution in [0.25, 0.3) is 22.5 Å². The monoisotopic (exact) mass is 914 g/mol. The predicted molar refractivity (Wildman–Crippen MR) is 260 cm³/mol. The molecule has 20 heteroatoms. The van der Waals surface area contributed by atoms with Gasteiger partial charge in [-0.05, 0) is 57.2 Å². The van der Waals surface area contributed by atoms with Crippen LogP contribution in [0.3, 0.4) is 0 Å². The maximum absolute atomic E-state index is 14.1. The SMILES string of the molecule is CNC(=O)c1cnc(Nc2cc(CCNC(=O)c3cnc(Nc4cc(C)nc(C)n4)cc3Nc3cccc(-c4ccnn4C)c3OC)nc(C)n2)cc1Nc1cccc(-c2ccn(C)n2)c1OC. The number of anilines is 8. The van der Waals surface area contributed by atoms with Crippen LogP contribution in [0.5, 0.6) is 11.5 Å². The Morgan fingerprint density at radius 1 is 0.647 bits per heavy atom. The average Bonchev–Trinajstić information content (AvgIpc) is 3.95. The highest BCUT2D eigenvalue weighted by atomic mass is 16.5. The zero-order valence-corrected chi connectivity index (χ0v) is 38.8. The molecular weight excluding hydrogens is 865 g/mol. The number of hydrogen-bond acceptors (Lipinski definition) is 16. The Kier molecular flexibility index (Phi) is 13.5. The molecule has 0 aliphatic heterocycles. The van der Waals surface area contributed by atoms with Crippen LogP contribution in [0, 0.1) is 20.8 Å². The van der Waals surface area contributed by atoms with Crippen LogP contribution in [0.2, 0.25) is 0 Å². The van der Waals surface area contributed by atoms with Gasteiger partial charge in [0, 0.05) is 106 Å². The standard InChI is InChI=1S/C48H50N16O4/c1-27-21-43(56-28(2)54-27)60-41-24-39(59-37-14-10-12-32(46(37)68-8)40-16-19-53-64(40)6)34(26-52-41)48(66)50-18-15-30-22-44(57-29(3)55-30)61-42-23-38(33(25-51-42)47(65)49-4)58-36-13-9-11-31(45(36)67-7)35-17-20-63(5)62-35/h9-14,16-17,19-26H,15,18H2,1-8H3,(H,49,65)(H,50,66)(H2,51,55,57,58,61)(H2,52,54,56,59,60). The summed E-state index contributed by atoms with van der Waals surface area (Å²) in [6.45, 7) is 5.72. The van der Waals surface area contributed by atoms with Crippen molar-refractivity contribution in [2.24, 2.45) is 14.1 Å². The largest absolute Gasteiger partial charge is 0.494 e. The van der Waals surface area contributed by atoms with Gasteiger partial charge in [0.05, 0.1) is 59.5 Å². The molecule has 6 aromatic heterocycles. The summed E-state index contributed by atoms with van der Waals surface area (Å²) in [4.78, 5) is 54.3. The Hall–Kier alpha value is -8.94. The topological polar surface area (TPSA) is 238 Å². The van der Waals surface area contributed by atoms with E-state index in [1.807, 2.05) is 88.7 Å². The summed E-state index contributed by atoms with van der Waals surface area (Å²) >= 11 is 0. The van der Waals surface area contributed by atoms with E-state index in [0.29, 0.717) is 86.8 Å². The quantitative estimate of drug-likeness (QED) is 0.0534. The third kappa shape index (κ3) is 10.3. The fraction of sp³-hybridized carbons (Fsp3) is 0.208. The number of aryl methyl sites for hydroxylation is 5. The molecule has 68 heavy (non-hydrogen) atoms. The Bertz CT molecular complexity index is 3130. The molecular formula is C48H50N16O4. The van der Waals surface area contributed by atoms with E-state index in [4.69, 9.17) is 9.47 Å². The minimum absolute atomic E-state index is 0.236. The Balaban J connectivity index is 1.01. The number of nitrogens with zero attached hydrogens (tertiary/aromatic N) is 10. The highest BCUT2D eigenvalue weighted by Gasteiger charge is 2.21. The molecule has 2 amide bonds. The highest BCUT2D eigenvalue weighted by Crippen LogP contribution is 2.40. The second-order valence-corrected chi connectivity index (χ2v) is 15.5. The van der Waals surface area contributed by atoms with Gasteiger partial charge in [0.1, 0.15) is 34.9 Å². The fourth-order valence-corrected chi connectivity index (χ4v) is 7.62. The molecule has 8 rings (SSSR count). The summed E-state index contributed by atoms with van der Waals surface area (Å²) in [5.74, 6) is 3.43. The highest BCUT2D eigenvalue weighted by molar-refractivity contribution is 6.02. The first kappa shape index (κ1) is 45.6. The number of carbonyl (C=O) groups is 2. The minimum Gasteiger partial charge on any atom is -0.494 e. The molecule has 8 aromatic rings. The van der Waals surface area contributed by atoms with Gasteiger partial charge < -0.3 is 41.4 Å². The van der Waals surface area contributed by atoms with E-state index in [1.165, 1.54) is 12.4 Å². The van der Waals surface area contributed by atoms with Gasteiger partial charge in [-0.3, -0.25) is 19.0 Å². The van der Waals surface area contributed by atoms with Crippen LogP contribution in [0.4, 0.5) is 46.0 Å². The number of hydrogen-bond donors (Lipinski definition) is 6. The van der Waals surface area contributed by atoms with Gasteiger partial charge in [-0.1, -0.05) is 12.1 Å². The lowest BCUT2D eigenvalue weighted by Gasteiger charge is -2.18. The van der Waals surface area contributed by atoms with Crippen LogP contribution >= 0.6 is 0 Å². The molecule has 0 bridgehead atoms. The van der Waals surface area contributed by atoms with Crippen LogP contribution in [0.15, 0.2) is 97.6 Å². The molecule has 0 unspecified atom stereocenters. The van der Waals surface area contributed by atoms with Gasteiger partial charge in [-0.2, -0.15) is 10.2 Å². The Morgan fingerprint density at radius 2 is 1.25 bits per heavy atom. The van der Waals surface area contributed by atoms with Crippen LogP contribution < -0.4 is 41.4 Å². The Labute approximate surface area is 392 Å². The predicted octanol–water partition coefficient (Wildman–Crippen LogP) is 7.11. The second-order valence-electron chi connectivity index (χ2n) is 15.5. The molecule has 0 radical (unpaired) electrons.